The summed E-state index contributed by atoms with van der Waals surface area (Å²) in [6.45, 7) is 4.75. The summed E-state index contributed by atoms with van der Waals surface area (Å²) in [5.41, 5.74) is 10.9. The number of carbonyl (C=O) groups excluding carboxylic acids is 1. The highest BCUT2D eigenvalue weighted by Crippen LogP contribution is 2.31. The van der Waals surface area contributed by atoms with E-state index in [4.69, 9.17) is 10.5 Å². The summed E-state index contributed by atoms with van der Waals surface area (Å²) in [6.07, 6.45) is 1.85. The van der Waals surface area contributed by atoms with Crippen LogP contribution in [0, 0.1) is 13.8 Å². The lowest BCUT2D eigenvalue weighted by Crippen LogP contribution is -2.38. The molecule has 0 fully saturated rings. The number of amides is 1. The van der Waals surface area contributed by atoms with Crippen LogP contribution in [0.25, 0.3) is 0 Å². The third kappa shape index (κ3) is 3.65. The minimum Gasteiger partial charge on any atom is -0.483 e. The lowest BCUT2D eigenvalue weighted by molar-refractivity contribution is -0.120. The molecule has 1 amide bonds. The van der Waals surface area contributed by atoms with E-state index in [1.54, 1.807) is 4.90 Å². The number of fused-ring (bicyclic) bond motifs is 1. The summed E-state index contributed by atoms with van der Waals surface area (Å²) >= 11 is 0. The molecule has 0 aliphatic carbocycles. The first-order valence-electron chi connectivity index (χ1n) is 7.94. The minimum absolute atomic E-state index is 0. The number of rotatable bonds is 3. The monoisotopic (exact) mass is 346 g/mol. The first kappa shape index (κ1) is 18.1. The van der Waals surface area contributed by atoms with Gasteiger partial charge in [0.25, 0.3) is 5.91 Å². The van der Waals surface area contributed by atoms with Crippen LogP contribution >= 0.6 is 12.4 Å². The van der Waals surface area contributed by atoms with Crippen molar-refractivity contribution in [2.24, 2.45) is 0 Å². The van der Waals surface area contributed by atoms with Crippen molar-refractivity contribution in [2.45, 2.75) is 26.7 Å². The number of hydrogen-bond acceptors (Lipinski definition) is 3. The Kier molecular flexibility index (Phi) is 5.73. The molecule has 5 heteroatoms. The number of carbonyl (C=O) groups is 1. The van der Waals surface area contributed by atoms with E-state index in [2.05, 4.69) is 0 Å². The van der Waals surface area contributed by atoms with Gasteiger partial charge in [0, 0.05) is 17.9 Å². The fourth-order valence-electron chi connectivity index (χ4n) is 2.99. The maximum Gasteiger partial charge on any atom is 0.264 e. The summed E-state index contributed by atoms with van der Waals surface area (Å²) < 4.78 is 5.76. The predicted molar refractivity (Wildman–Crippen MR) is 100 cm³/mol. The van der Waals surface area contributed by atoms with Crippen LogP contribution in [-0.2, 0) is 11.2 Å². The standard InChI is InChI=1S/C19H22N2O2.ClH/c1-13-8-9-14(2)18(11-13)23-12-19(22)21-10-4-5-15-16(20)6-3-7-17(15)21;/h3,6-9,11H,4-5,10,12,20H2,1-2H3;1H. The maximum atomic E-state index is 12.6. The highest BCUT2D eigenvalue weighted by Gasteiger charge is 2.24. The number of ether oxygens (including phenoxy) is 1. The van der Waals surface area contributed by atoms with Crippen molar-refractivity contribution in [1.82, 2.24) is 0 Å². The van der Waals surface area contributed by atoms with Crippen molar-refractivity contribution < 1.29 is 9.53 Å². The molecule has 2 aromatic rings. The summed E-state index contributed by atoms with van der Waals surface area (Å²) in [7, 11) is 0. The number of nitrogen functional groups attached to an aromatic ring is 1. The van der Waals surface area contributed by atoms with E-state index in [0.29, 0.717) is 6.54 Å². The molecule has 0 aromatic heterocycles. The molecule has 0 saturated heterocycles. The molecule has 1 aliphatic heterocycles. The Bertz CT molecular complexity index is 746. The van der Waals surface area contributed by atoms with Crippen molar-refractivity contribution >= 4 is 29.7 Å². The molecule has 24 heavy (non-hydrogen) atoms. The van der Waals surface area contributed by atoms with Gasteiger partial charge in [-0.15, -0.1) is 12.4 Å². The highest BCUT2D eigenvalue weighted by molar-refractivity contribution is 5.96. The van der Waals surface area contributed by atoms with E-state index in [9.17, 15) is 4.79 Å². The molecule has 0 unspecified atom stereocenters. The van der Waals surface area contributed by atoms with Crippen LogP contribution in [0.5, 0.6) is 5.75 Å². The van der Waals surface area contributed by atoms with Crippen LogP contribution in [0.4, 0.5) is 11.4 Å². The average Bonchev–Trinajstić information content (AvgIpc) is 2.55. The van der Waals surface area contributed by atoms with Crippen LogP contribution in [0.1, 0.15) is 23.1 Å². The van der Waals surface area contributed by atoms with Crippen LogP contribution in [-0.4, -0.2) is 19.1 Å². The minimum atomic E-state index is -0.0301. The Balaban J connectivity index is 0.00000208. The highest BCUT2D eigenvalue weighted by atomic mass is 35.5. The third-order valence-electron chi connectivity index (χ3n) is 4.28. The molecule has 0 radical (unpaired) electrons. The SMILES string of the molecule is Cc1ccc(C)c(OCC(=O)N2CCCc3c(N)cccc32)c1.Cl. The zero-order chi connectivity index (χ0) is 16.4. The first-order chi connectivity index (χ1) is 11.1. The number of benzene rings is 2. The quantitative estimate of drug-likeness (QED) is 0.863. The lowest BCUT2D eigenvalue weighted by Gasteiger charge is -2.30. The summed E-state index contributed by atoms with van der Waals surface area (Å²) in [4.78, 5) is 14.4. The van der Waals surface area contributed by atoms with E-state index in [0.717, 1.165) is 46.7 Å². The van der Waals surface area contributed by atoms with Crippen LogP contribution in [0.3, 0.4) is 0 Å². The van der Waals surface area contributed by atoms with Gasteiger partial charge in [-0.3, -0.25) is 4.79 Å². The van der Waals surface area contributed by atoms with Crippen LogP contribution in [0.15, 0.2) is 36.4 Å². The van der Waals surface area contributed by atoms with Crippen molar-refractivity contribution in [3.05, 3.63) is 53.1 Å². The number of aryl methyl sites for hydroxylation is 2. The predicted octanol–water partition coefficient (Wildman–Crippen LogP) is 3.67. The first-order valence-corrected chi connectivity index (χ1v) is 7.94. The van der Waals surface area contributed by atoms with Gasteiger partial charge in [-0.1, -0.05) is 18.2 Å². The molecule has 2 N–H and O–H groups in total. The molecule has 3 rings (SSSR count). The Morgan fingerprint density at radius 3 is 2.83 bits per heavy atom. The Labute approximate surface area is 149 Å². The third-order valence-corrected chi connectivity index (χ3v) is 4.28. The maximum absolute atomic E-state index is 12.6. The number of nitrogens with two attached hydrogens (primary N) is 1. The van der Waals surface area contributed by atoms with E-state index in [1.165, 1.54) is 0 Å². The molecule has 0 spiro atoms. The topological polar surface area (TPSA) is 55.6 Å². The Morgan fingerprint density at radius 2 is 2.04 bits per heavy atom. The molecule has 1 heterocycles. The van der Waals surface area contributed by atoms with Gasteiger partial charge in [-0.2, -0.15) is 0 Å². The average molecular weight is 347 g/mol. The summed E-state index contributed by atoms with van der Waals surface area (Å²) in [6, 6.07) is 11.7. The molecule has 128 valence electrons. The zero-order valence-electron chi connectivity index (χ0n) is 14.0. The fourth-order valence-corrected chi connectivity index (χ4v) is 2.99. The molecule has 2 aromatic carbocycles. The molecular formula is C19H23ClN2O2. The van der Waals surface area contributed by atoms with Crippen molar-refractivity contribution in [3.8, 4) is 5.75 Å². The van der Waals surface area contributed by atoms with Gasteiger partial charge in [0.05, 0.1) is 0 Å². The van der Waals surface area contributed by atoms with Crippen LogP contribution in [0.2, 0.25) is 0 Å². The summed E-state index contributed by atoms with van der Waals surface area (Å²) in [5.74, 6) is 0.737. The molecular weight excluding hydrogens is 324 g/mol. The largest absolute Gasteiger partial charge is 0.483 e. The van der Waals surface area contributed by atoms with E-state index >= 15 is 0 Å². The smallest absolute Gasteiger partial charge is 0.264 e. The van der Waals surface area contributed by atoms with Crippen molar-refractivity contribution in [1.29, 1.82) is 0 Å². The second-order valence-electron chi connectivity index (χ2n) is 6.05. The van der Waals surface area contributed by atoms with Crippen LogP contribution < -0.4 is 15.4 Å². The molecule has 0 atom stereocenters. The molecule has 0 bridgehead atoms. The van der Waals surface area contributed by atoms with Crippen molar-refractivity contribution in [3.63, 3.8) is 0 Å². The van der Waals surface area contributed by atoms with Gasteiger partial charge < -0.3 is 15.4 Å². The molecule has 1 aliphatic rings. The Hall–Kier alpha value is -2.20. The van der Waals surface area contributed by atoms with Gasteiger partial charge in [0.15, 0.2) is 6.61 Å². The zero-order valence-corrected chi connectivity index (χ0v) is 14.9. The van der Waals surface area contributed by atoms with Gasteiger partial charge >= 0.3 is 0 Å². The number of halogens is 1. The fraction of sp³-hybridized carbons (Fsp3) is 0.316. The second-order valence-corrected chi connectivity index (χ2v) is 6.05. The molecule has 0 saturated carbocycles. The lowest BCUT2D eigenvalue weighted by atomic mass is 10.00. The summed E-state index contributed by atoms with van der Waals surface area (Å²) in [5, 5.41) is 0. The number of anilines is 2. The van der Waals surface area contributed by atoms with Gasteiger partial charge in [-0.05, 0) is 61.6 Å². The van der Waals surface area contributed by atoms with E-state index in [-0.39, 0.29) is 24.9 Å². The molecule has 4 nitrogen and oxygen atoms in total. The normalized spacial score (nSPS) is 13.0. The van der Waals surface area contributed by atoms with Gasteiger partial charge in [0.2, 0.25) is 0 Å². The van der Waals surface area contributed by atoms with Gasteiger partial charge in [0.1, 0.15) is 5.75 Å². The van der Waals surface area contributed by atoms with E-state index < -0.39 is 0 Å². The number of hydrogen-bond donors (Lipinski definition) is 1. The number of nitrogens with zero attached hydrogens (tertiary/aromatic N) is 1. The van der Waals surface area contributed by atoms with E-state index in [1.807, 2.05) is 50.2 Å². The van der Waals surface area contributed by atoms with Gasteiger partial charge in [-0.25, -0.2) is 0 Å². The van der Waals surface area contributed by atoms with Crippen molar-refractivity contribution in [2.75, 3.05) is 23.8 Å². The second kappa shape index (κ2) is 7.58. The Morgan fingerprint density at radius 1 is 1.25 bits per heavy atom.